The lowest BCUT2D eigenvalue weighted by molar-refractivity contribution is -0.140. The van der Waals surface area contributed by atoms with E-state index >= 15 is 0 Å². The molecule has 3 amide bonds. The quantitative estimate of drug-likeness (QED) is 0.0572. The number of benzene rings is 2. The molecule has 3 rings (SSSR count). The van der Waals surface area contributed by atoms with Gasteiger partial charge in [-0.05, 0) is 121 Å². The zero-order valence-corrected chi connectivity index (χ0v) is 33.6. The minimum atomic E-state index is -0.859. The lowest BCUT2D eigenvalue weighted by atomic mass is 9.86. The largest absolute Gasteiger partial charge is 0.493 e. The summed E-state index contributed by atoms with van der Waals surface area (Å²) in [6.07, 6.45) is 9.42. The predicted molar refractivity (Wildman–Crippen MR) is 213 cm³/mol. The van der Waals surface area contributed by atoms with Crippen LogP contribution in [0.1, 0.15) is 118 Å². The van der Waals surface area contributed by atoms with Gasteiger partial charge in [0.2, 0.25) is 11.8 Å². The van der Waals surface area contributed by atoms with Gasteiger partial charge in [0.15, 0.2) is 5.78 Å². The van der Waals surface area contributed by atoms with E-state index < -0.39 is 23.6 Å². The number of alkyl carbamates (subject to hydrolysis) is 1. The van der Waals surface area contributed by atoms with E-state index in [1.54, 1.807) is 20.8 Å². The van der Waals surface area contributed by atoms with Gasteiger partial charge in [-0.15, -0.1) is 6.58 Å². The number of fused-ring (bicyclic) bond motifs is 1. The number of Topliss-reactive ketones (excluding diaryl/α,β-unsaturated/α-hetero) is 1. The topological polar surface area (TPSA) is 182 Å². The van der Waals surface area contributed by atoms with Crippen LogP contribution < -0.4 is 30.6 Å². The van der Waals surface area contributed by atoms with Crippen LogP contribution in [-0.4, -0.2) is 74.8 Å². The van der Waals surface area contributed by atoms with E-state index in [2.05, 4.69) is 17.2 Å². The van der Waals surface area contributed by atoms with Crippen molar-refractivity contribution in [2.24, 2.45) is 5.73 Å². The van der Waals surface area contributed by atoms with Crippen LogP contribution in [0.4, 0.5) is 4.79 Å². The molecular formula is C43H61N3O10. The van der Waals surface area contributed by atoms with E-state index in [0.29, 0.717) is 76.2 Å². The summed E-state index contributed by atoms with van der Waals surface area (Å²) in [5, 5.41) is 5.37. The molecule has 0 saturated heterocycles. The Kier molecular flexibility index (Phi) is 19.2. The summed E-state index contributed by atoms with van der Waals surface area (Å²) >= 11 is 0. The average molecular weight is 780 g/mol. The molecule has 0 aromatic heterocycles. The average Bonchev–Trinajstić information content (AvgIpc) is 3.15. The van der Waals surface area contributed by atoms with Crippen molar-refractivity contribution >= 4 is 29.7 Å². The third-order valence-corrected chi connectivity index (χ3v) is 9.15. The van der Waals surface area contributed by atoms with Crippen molar-refractivity contribution in [1.82, 2.24) is 10.6 Å². The number of carbonyl (C=O) groups excluding carboxylic acids is 5. The van der Waals surface area contributed by atoms with E-state index in [0.717, 1.165) is 60.1 Å². The molecule has 1 aliphatic carbocycles. The van der Waals surface area contributed by atoms with Crippen molar-refractivity contribution in [1.29, 1.82) is 0 Å². The van der Waals surface area contributed by atoms with E-state index in [1.165, 1.54) is 7.11 Å². The number of ketones is 1. The van der Waals surface area contributed by atoms with Crippen molar-refractivity contribution in [2.45, 2.75) is 122 Å². The van der Waals surface area contributed by atoms with Gasteiger partial charge in [-0.2, -0.15) is 0 Å². The molecule has 2 aromatic carbocycles. The van der Waals surface area contributed by atoms with Gasteiger partial charge in [0.25, 0.3) is 0 Å². The van der Waals surface area contributed by atoms with E-state index in [1.807, 2.05) is 36.4 Å². The molecule has 1 atom stereocenters. The summed E-state index contributed by atoms with van der Waals surface area (Å²) in [6.45, 7) is 10.8. The first kappa shape index (κ1) is 45.3. The Morgan fingerprint density at radius 1 is 0.857 bits per heavy atom. The highest BCUT2D eigenvalue weighted by atomic mass is 16.6. The fourth-order valence-corrected chi connectivity index (χ4v) is 6.36. The van der Waals surface area contributed by atoms with Crippen molar-refractivity contribution in [3.63, 3.8) is 0 Å². The maximum absolute atomic E-state index is 12.4. The fraction of sp³-hybridized carbons (Fsp3) is 0.558. The second-order valence-electron chi connectivity index (χ2n) is 14.8. The molecule has 2 aromatic rings. The van der Waals surface area contributed by atoms with Crippen molar-refractivity contribution in [3.8, 4) is 17.2 Å². The fourth-order valence-electron chi connectivity index (χ4n) is 6.36. The number of carbonyl (C=O) groups is 5. The van der Waals surface area contributed by atoms with Gasteiger partial charge in [0, 0.05) is 42.5 Å². The normalized spacial score (nSPS) is 12.8. The molecule has 1 aliphatic rings. The van der Waals surface area contributed by atoms with Gasteiger partial charge < -0.3 is 40.1 Å². The van der Waals surface area contributed by atoms with E-state index in [-0.39, 0.29) is 37.1 Å². The Hall–Kier alpha value is -5.07. The van der Waals surface area contributed by atoms with Gasteiger partial charge in [-0.3, -0.25) is 19.2 Å². The molecule has 13 heteroatoms. The number of nitrogens with one attached hydrogen (secondary N) is 2. The summed E-state index contributed by atoms with van der Waals surface area (Å²) in [5.41, 5.74) is 8.48. The third-order valence-electron chi connectivity index (χ3n) is 9.15. The van der Waals surface area contributed by atoms with Crippen molar-refractivity contribution in [2.75, 3.05) is 33.5 Å². The summed E-state index contributed by atoms with van der Waals surface area (Å²) in [6, 6.07) is 8.47. The van der Waals surface area contributed by atoms with Crippen LogP contribution in [0.15, 0.2) is 43.0 Å². The van der Waals surface area contributed by atoms with Crippen molar-refractivity contribution in [3.05, 3.63) is 65.2 Å². The molecule has 308 valence electrons. The van der Waals surface area contributed by atoms with Crippen LogP contribution in [0.3, 0.4) is 0 Å². The Bertz CT molecular complexity index is 1630. The number of unbranched alkanes of at least 4 members (excludes halogenated alkanes) is 3. The molecule has 0 spiro atoms. The van der Waals surface area contributed by atoms with Crippen LogP contribution in [0, 0.1) is 0 Å². The van der Waals surface area contributed by atoms with Gasteiger partial charge in [0.05, 0.1) is 26.9 Å². The molecule has 1 unspecified atom stereocenters. The monoisotopic (exact) mass is 779 g/mol. The van der Waals surface area contributed by atoms with E-state index in [4.69, 9.17) is 29.4 Å². The number of hydrogen-bond acceptors (Lipinski definition) is 10. The van der Waals surface area contributed by atoms with Gasteiger partial charge in [0.1, 0.15) is 28.9 Å². The maximum atomic E-state index is 12.4. The molecule has 0 heterocycles. The Balaban J connectivity index is 1.40. The second kappa shape index (κ2) is 23.8. The Labute approximate surface area is 331 Å². The second-order valence-corrected chi connectivity index (χ2v) is 14.8. The number of rotatable bonds is 25. The number of allylic oxidation sites excluding steroid dienone is 1. The summed E-state index contributed by atoms with van der Waals surface area (Å²) in [5.74, 6) is 1.13. The molecule has 0 saturated carbocycles. The highest BCUT2D eigenvalue weighted by Gasteiger charge is 2.23. The Morgan fingerprint density at radius 2 is 1.52 bits per heavy atom. The summed E-state index contributed by atoms with van der Waals surface area (Å²) < 4.78 is 28.5. The van der Waals surface area contributed by atoms with Crippen molar-refractivity contribution < 1.29 is 47.7 Å². The van der Waals surface area contributed by atoms with Crippen LogP contribution in [0.25, 0.3) is 0 Å². The van der Waals surface area contributed by atoms with Crippen LogP contribution in [0.5, 0.6) is 17.2 Å². The molecule has 0 aliphatic heterocycles. The smallest absolute Gasteiger partial charge is 0.408 e. The third kappa shape index (κ3) is 16.0. The van der Waals surface area contributed by atoms with Gasteiger partial charge >= 0.3 is 12.1 Å². The minimum Gasteiger partial charge on any atom is -0.493 e. The highest BCUT2D eigenvalue weighted by molar-refractivity contribution is 5.99. The summed E-state index contributed by atoms with van der Waals surface area (Å²) in [4.78, 5) is 60.6. The number of nitrogens with two attached hydrogens (primary N) is 1. The number of methoxy groups -OCH3 is 1. The molecule has 0 bridgehead atoms. The number of amides is 3. The van der Waals surface area contributed by atoms with Crippen LogP contribution in [0.2, 0.25) is 0 Å². The Morgan fingerprint density at radius 3 is 2.14 bits per heavy atom. The summed E-state index contributed by atoms with van der Waals surface area (Å²) in [7, 11) is 1.35. The molecule has 0 fully saturated rings. The number of esters is 1. The zero-order chi connectivity index (χ0) is 40.9. The van der Waals surface area contributed by atoms with Gasteiger partial charge in [-0.1, -0.05) is 12.1 Å². The van der Waals surface area contributed by atoms with Crippen LogP contribution >= 0.6 is 0 Å². The first-order valence-electron chi connectivity index (χ1n) is 19.7. The molecule has 0 radical (unpaired) electrons. The first-order chi connectivity index (χ1) is 26.8. The SMILES string of the molecule is C=CCc1c(OCCCCCOc2cccc(OCCCC(=O)NCCCCC(NC(=O)OC(C)(C)C)C(N)=O)c2CCC(=O)OC)ccc2c1CCCC2=O. The van der Waals surface area contributed by atoms with E-state index in [9.17, 15) is 24.0 Å². The number of hydrogen-bond donors (Lipinski definition) is 3. The lowest BCUT2D eigenvalue weighted by Crippen LogP contribution is -2.46. The standard InChI is InChI=1S/C43H61N3O10/c1-6-15-32-30-16-12-18-35(47)31(30)22-24-38(32)54-28-11-7-10-27-53-36-19-13-20-37(33(36)23-25-40(49)52-5)55-29-14-21-39(48)45-26-9-8-17-34(41(44)50)46-42(51)56-43(2,3)4/h6,13,19-20,22,24,34H,1,7-12,14-18,21,23,25-29H2,2-5H3,(H2,44,50)(H,45,48)(H,46,51). The molecular weight excluding hydrogens is 718 g/mol. The predicted octanol–water partition coefficient (Wildman–Crippen LogP) is 6.49. The highest BCUT2D eigenvalue weighted by Crippen LogP contribution is 2.33. The molecule has 4 N–H and O–H groups in total. The minimum absolute atomic E-state index is 0.128. The molecule has 56 heavy (non-hydrogen) atoms. The zero-order valence-electron chi connectivity index (χ0n) is 33.6. The number of primary amides is 1. The number of ether oxygens (including phenoxy) is 5. The first-order valence-corrected chi connectivity index (χ1v) is 19.7. The molecule has 13 nitrogen and oxygen atoms in total. The maximum Gasteiger partial charge on any atom is 0.408 e. The van der Waals surface area contributed by atoms with Gasteiger partial charge in [-0.25, -0.2) is 4.79 Å². The van der Waals surface area contributed by atoms with Crippen LogP contribution in [-0.2, 0) is 43.1 Å². The lowest BCUT2D eigenvalue weighted by Gasteiger charge is -2.22.